The second kappa shape index (κ2) is 8.10. The fraction of sp³-hybridized carbons (Fsp3) is 0.500. The van der Waals surface area contributed by atoms with Gasteiger partial charge in [0.2, 0.25) is 0 Å². The zero-order valence-corrected chi connectivity index (χ0v) is 12.1. The first-order valence-electron chi connectivity index (χ1n) is 5.43. The number of Topliss-reactive ketones (excluding diaryl/α,β-unsaturated/α-hetero) is 1. The highest BCUT2D eigenvalue weighted by Crippen LogP contribution is 2.10. The van der Waals surface area contributed by atoms with E-state index in [1.54, 1.807) is 13.8 Å². The summed E-state index contributed by atoms with van der Waals surface area (Å²) in [5, 5.41) is 0. The Labute approximate surface area is 109 Å². The van der Waals surface area contributed by atoms with Crippen LogP contribution in [0.5, 0.6) is 0 Å². The number of ketones is 2. The second-order valence-corrected chi connectivity index (χ2v) is 4.31. The summed E-state index contributed by atoms with van der Waals surface area (Å²) < 4.78 is 10.6. The minimum absolute atomic E-state index is 0.0143. The average Bonchev–Trinajstić information content (AvgIpc) is 2.16. The average molecular weight is 253 g/mol. The van der Waals surface area contributed by atoms with Crippen molar-refractivity contribution in [3.8, 4) is 0 Å². The van der Waals surface area contributed by atoms with E-state index in [-0.39, 0.29) is 11.6 Å². The molecule has 0 N–H and O–H groups in total. The minimum Gasteiger partial charge on any atom is -0.619 e. The molecule has 5 heteroatoms. The van der Waals surface area contributed by atoms with E-state index >= 15 is 0 Å². The lowest BCUT2D eigenvalue weighted by Gasteiger charge is -2.11. The lowest BCUT2D eigenvalue weighted by atomic mass is 10.1. The lowest BCUT2D eigenvalue weighted by molar-refractivity contribution is -0.114. The van der Waals surface area contributed by atoms with Crippen LogP contribution in [0.3, 0.4) is 0 Å². The molecule has 0 bridgehead atoms. The SMILES string of the molecule is CC/C(C(C)=O)=C(\C)[O][Al][O]/C(C)=C\C(C)=O. The predicted molar refractivity (Wildman–Crippen MR) is 66.0 cm³/mol. The van der Waals surface area contributed by atoms with E-state index in [1.165, 1.54) is 19.9 Å². The first kappa shape index (κ1) is 16.0. The van der Waals surface area contributed by atoms with Crippen LogP contribution < -0.4 is 0 Å². The molecule has 0 saturated carbocycles. The Hall–Kier alpha value is -1.05. The van der Waals surface area contributed by atoms with Crippen LogP contribution in [-0.2, 0) is 17.2 Å². The van der Waals surface area contributed by atoms with E-state index in [0.29, 0.717) is 23.5 Å². The molecule has 0 amide bonds. The molecule has 0 aliphatic rings. The highest BCUT2D eigenvalue weighted by molar-refractivity contribution is 6.19. The molecule has 4 nitrogen and oxygen atoms in total. The molecule has 0 aromatic heterocycles. The van der Waals surface area contributed by atoms with Crippen LogP contribution in [0, 0.1) is 0 Å². The quantitative estimate of drug-likeness (QED) is 0.397. The van der Waals surface area contributed by atoms with Gasteiger partial charge >= 0.3 is 15.9 Å². The van der Waals surface area contributed by atoms with Crippen molar-refractivity contribution in [1.82, 2.24) is 0 Å². The van der Waals surface area contributed by atoms with E-state index in [0.717, 1.165) is 0 Å². The van der Waals surface area contributed by atoms with Crippen molar-refractivity contribution in [3.05, 3.63) is 23.2 Å². The van der Waals surface area contributed by atoms with Crippen LogP contribution in [0.1, 0.15) is 41.0 Å². The molecule has 0 spiro atoms. The molecule has 0 aliphatic carbocycles. The molecule has 0 aromatic carbocycles. The molecule has 0 aromatic rings. The number of hydrogen-bond acceptors (Lipinski definition) is 4. The van der Waals surface area contributed by atoms with Crippen molar-refractivity contribution in [3.63, 3.8) is 0 Å². The highest BCUT2D eigenvalue weighted by atomic mass is 27.2. The van der Waals surface area contributed by atoms with Gasteiger partial charge in [-0.1, -0.05) is 6.92 Å². The van der Waals surface area contributed by atoms with Crippen molar-refractivity contribution >= 4 is 27.5 Å². The molecule has 0 unspecified atom stereocenters. The van der Waals surface area contributed by atoms with E-state index in [1.807, 2.05) is 6.92 Å². The van der Waals surface area contributed by atoms with Crippen LogP contribution in [-0.4, -0.2) is 27.5 Å². The van der Waals surface area contributed by atoms with E-state index in [4.69, 9.17) is 7.58 Å². The summed E-state index contributed by atoms with van der Waals surface area (Å²) in [5.74, 6) is 1.08. The summed E-state index contributed by atoms with van der Waals surface area (Å²) in [7, 11) is 0. The molecule has 0 saturated heterocycles. The first-order chi connectivity index (χ1) is 7.88. The monoisotopic (exact) mass is 253 g/mol. The molecular weight excluding hydrogens is 235 g/mol. The predicted octanol–water partition coefficient (Wildman–Crippen LogP) is 2.32. The van der Waals surface area contributed by atoms with Crippen molar-refractivity contribution in [1.29, 1.82) is 0 Å². The minimum atomic E-state index is -0.745. The molecule has 93 valence electrons. The first-order valence-corrected chi connectivity index (χ1v) is 6.37. The summed E-state index contributed by atoms with van der Waals surface area (Å²) in [6.45, 7) is 8.33. The van der Waals surface area contributed by atoms with Crippen molar-refractivity contribution in [2.45, 2.75) is 41.0 Å². The number of hydrogen-bond donors (Lipinski definition) is 0. The molecule has 17 heavy (non-hydrogen) atoms. The van der Waals surface area contributed by atoms with Gasteiger partial charge in [0.15, 0.2) is 11.6 Å². The van der Waals surface area contributed by atoms with Gasteiger partial charge in [-0.05, 0) is 34.1 Å². The van der Waals surface area contributed by atoms with Gasteiger partial charge in [-0.15, -0.1) is 0 Å². The number of rotatable bonds is 7. The smallest absolute Gasteiger partial charge is 0.619 e. The van der Waals surface area contributed by atoms with Gasteiger partial charge in [-0.3, -0.25) is 9.59 Å². The Morgan fingerprint density at radius 3 is 2.12 bits per heavy atom. The van der Waals surface area contributed by atoms with Gasteiger partial charge in [0.05, 0.1) is 11.5 Å². The third kappa shape index (κ3) is 6.98. The van der Waals surface area contributed by atoms with Gasteiger partial charge in [0.1, 0.15) is 0 Å². The van der Waals surface area contributed by atoms with Crippen LogP contribution in [0.15, 0.2) is 23.2 Å². The van der Waals surface area contributed by atoms with Crippen LogP contribution in [0.25, 0.3) is 0 Å². The number of carbonyl (C=O) groups is 2. The normalized spacial score (nSPS) is 12.6. The molecule has 0 fully saturated rings. The van der Waals surface area contributed by atoms with Gasteiger partial charge in [-0.2, -0.15) is 0 Å². The van der Waals surface area contributed by atoms with Gasteiger partial charge in [-0.25, -0.2) is 0 Å². The van der Waals surface area contributed by atoms with Crippen LogP contribution in [0.2, 0.25) is 0 Å². The maximum Gasteiger partial charge on any atom is 0.881 e. The Morgan fingerprint density at radius 1 is 1.12 bits per heavy atom. The highest BCUT2D eigenvalue weighted by Gasteiger charge is 2.11. The maximum atomic E-state index is 11.2. The van der Waals surface area contributed by atoms with Gasteiger partial charge < -0.3 is 7.58 Å². The largest absolute Gasteiger partial charge is 0.881 e. The summed E-state index contributed by atoms with van der Waals surface area (Å²) in [6, 6.07) is 0. The van der Waals surface area contributed by atoms with Crippen molar-refractivity contribution in [2.75, 3.05) is 0 Å². The Morgan fingerprint density at radius 2 is 1.71 bits per heavy atom. The molecule has 0 aliphatic heterocycles. The zero-order chi connectivity index (χ0) is 13.4. The van der Waals surface area contributed by atoms with Crippen molar-refractivity contribution in [2.24, 2.45) is 0 Å². The summed E-state index contributed by atoms with van der Waals surface area (Å²) in [4.78, 5) is 22.0. The van der Waals surface area contributed by atoms with E-state index in [9.17, 15) is 9.59 Å². The second-order valence-electron chi connectivity index (χ2n) is 3.64. The Balaban J connectivity index is 4.30. The van der Waals surface area contributed by atoms with E-state index in [2.05, 4.69) is 0 Å². The summed E-state index contributed by atoms with van der Waals surface area (Å²) in [6.07, 6.45) is 2.05. The summed E-state index contributed by atoms with van der Waals surface area (Å²) in [5.41, 5.74) is 0.675. The fourth-order valence-electron chi connectivity index (χ4n) is 1.31. The van der Waals surface area contributed by atoms with Gasteiger partial charge in [0, 0.05) is 11.6 Å². The fourth-order valence-corrected chi connectivity index (χ4v) is 1.86. The number of carbonyl (C=O) groups excluding carboxylic acids is 2. The van der Waals surface area contributed by atoms with E-state index < -0.39 is 15.9 Å². The Kier molecular flexibility index (Phi) is 7.60. The lowest BCUT2D eigenvalue weighted by Crippen LogP contribution is -2.07. The summed E-state index contributed by atoms with van der Waals surface area (Å²) >= 11 is -0.745. The molecule has 0 rings (SSSR count). The van der Waals surface area contributed by atoms with Crippen LogP contribution in [0.4, 0.5) is 0 Å². The molecule has 0 atom stereocenters. The van der Waals surface area contributed by atoms with Crippen molar-refractivity contribution < 1.29 is 17.2 Å². The Bertz CT molecular complexity index is 356. The van der Waals surface area contributed by atoms with Crippen LogP contribution >= 0.6 is 0 Å². The third-order valence-electron chi connectivity index (χ3n) is 2.07. The standard InChI is InChI=1S/C7H12O2.C5H8O2.Al/c1-4-7(5(2)8)6(3)9;1-4(6)3-5(2)7;/h8H,4H2,1-3H3;3,6H,1-2H3;/q;;+2/p-2/b7-5-;4-3-;. The topological polar surface area (TPSA) is 52.6 Å². The third-order valence-corrected chi connectivity index (χ3v) is 2.99. The molecular formula is C12H18AlO4. The molecule has 1 radical (unpaired) electrons. The zero-order valence-electron chi connectivity index (χ0n) is 11.0. The van der Waals surface area contributed by atoms with Gasteiger partial charge in [0.25, 0.3) is 0 Å². The molecule has 0 heterocycles. The maximum absolute atomic E-state index is 11.2. The number of allylic oxidation sites excluding steroid dienone is 4.